The lowest BCUT2D eigenvalue weighted by Crippen LogP contribution is -2.10. The fraction of sp³-hybridized carbons (Fsp3) is 0.231. The molecule has 0 fully saturated rings. The second-order valence-corrected chi connectivity index (χ2v) is 3.98. The minimum Gasteiger partial charge on any atom is -0.361 e. The van der Waals surface area contributed by atoms with Crippen LogP contribution in [0.5, 0.6) is 0 Å². The molecular weight excluding hydrogens is 184 g/mol. The first-order chi connectivity index (χ1) is 7.27. The summed E-state index contributed by atoms with van der Waals surface area (Å²) in [6, 6.07) is 12.6. The maximum Gasteiger partial charge on any atom is 0.0499 e. The summed E-state index contributed by atoms with van der Waals surface area (Å²) < 4.78 is 0. The van der Waals surface area contributed by atoms with E-state index in [9.17, 15) is 0 Å². The van der Waals surface area contributed by atoms with Crippen molar-refractivity contribution in [2.75, 3.05) is 14.1 Å². The highest BCUT2D eigenvalue weighted by atomic mass is 15.0. The van der Waals surface area contributed by atoms with Gasteiger partial charge in [-0.25, -0.2) is 0 Å². The van der Waals surface area contributed by atoms with Crippen LogP contribution in [0.15, 0.2) is 42.6 Å². The molecule has 2 nitrogen and oxygen atoms in total. The molecule has 1 N–H and O–H groups in total. The van der Waals surface area contributed by atoms with Crippen LogP contribution in [-0.4, -0.2) is 24.0 Å². The lowest BCUT2D eigenvalue weighted by molar-refractivity contribution is 0.403. The fourth-order valence-electron chi connectivity index (χ4n) is 1.75. The average Bonchev–Trinajstić information content (AvgIpc) is 2.66. The van der Waals surface area contributed by atoms with Crippen LogP contribution in [-0.2, 0) is 6.54 Å². The fourth-order valence-corrected chi connectivity index (χ4v) is 1.75. The number of aromatic nitrogens is 1. The number of hydrogen-bond acceptors (Lipinski definition) is 1. The SMILES string of the molecule is CN(C)Cc1cc[nH]c1-c1ccccc1. The predicted molar refractivity (Wildman–Crippen MR) is 63.6 cm³/mol. The van der Waals surface area contributed by atoms with Gasteiger partial charge in [0.1, 0.15) is 0 Å². The monoisotopic (exact) mass is 200 g/mol. The van der Waals surface area contributed by atoms with E-state index in [1.165, 1.54) is 16.8 Å². The van der Waals surface area contributed by atoms with E-state index in [1.807, 2.05) is 12.3 Å². The number of aromatic amines is 1. The summed E-state index contributed by atoms with van der Waals surface area (Å²) >= 11 is 0. The second kappa shape index (κ2) is 4.32. The molecule has 2 aromatic rings. The van der Waals surface area contributed by atoms with E-state index >= 15 is 0 Å². The van der Waals surface area contributed by atoms with Crippen LogP contribution < -0.4 is 0 Å². The Bertz CT molecular complexity index is 415. The van der Waals surface area contributed by atoms with Crippen LogP contribution in [0.25, 0.3) is 11.3 Å². The maximum absolute atomic E-state index is 3.30. The van der Waals surface area contributed by atoms with Gasteiger partial charge < -0.3 is 9.88 Å². The Kier molecular flexibility index (Phi) is 2.88. The molecule has 0 bridgehead atoms. The van der Waals surface area contributed by atoms with Crippen LogP contribution in [0.2, 0.25) is 0 Å². The molecule has 78 valence electrons. The minimum absolute atomic E-state index is 0.966. The van der Waals surface area contributed by atoms with E-state index in [-0.39, 0.29) is 0 Å². The van der Waals surface area contributed by atoms with Crippen LogP contribution in [0.4, 0.5) is 0 Å². The van der Waals surface area contributed by atoms with Gasteiger partial charge >= 0.3 is 0 Å². The Morgan fingerprint density at radius 2 is 1.80 bits per heavy atom. The van der Waals surface area contributed by atoms with Crippen LogP contribution in [0.1, 0.15) is 5.56 Å². The van der Waals surface area contributed by atoms with Crippen molar-refractivity contribution in [2.24, 2.45) is 0 Å². The van der Waals surface area contributed by atoms with Crippen molar-refractivity contribution in [1.82, 2.24) is 9.88 Å². The zero-order valence-electron chi connectivity index (χ0n) is 9.20. The molecule has 1 aromatic heterocycles. The summed E-state index contributed by atoms with van der Waals surface area (Å²) in [5.41, 5.74) is 3.81. The molecule has 0 radical (unpaired) electrons. The van der Waals surface area contributed by atoms with Crippen molar-refractivity contribution >= 4 is 0 Å². The van der Waals surface area contributed by atoms with Gasteiger partial charge in [-0.3, -0.25) is 0 Å². The molecule has 1 heterocycles. The third-order valence-electron chi connectivity index (χ3n) is 2.38. The zero-order chi connectivity index (χ0) is 10.7. The van der Waals surface area contributed by atoms with E-state index in [4.69, 9.17) is 0 Å². The Balaban J connectivity index is 2.33. The van der Waals surface area contributed by atoms with Gasteiger partial charge in [0.05, 0.1) is 0 Å². The van der Waals surface area contributed by atoms with E-state index in [0.717, 1.165) is 6.54 Å². The van der Waals surface area contributed by atoms with Gasteiger partial charge in [0.25, 0.3) is 0 Å². The predicted octanol–water partition coefficient (Wildman–Crippen LogP) is 2.74. The summed E-state index contributed by atoms with van der Waals surface area (Å²) in [7, 11) is 4.17. The summed E-state index contributed by atoms with van der Waals surface area (Å²) in [4.78, 5) is 5.48. The van der Waals surface area contributed by atoms with Crippen molar-refractivity contribution in [3.63, 3.8) is 0 Å². The van der Waals surface area contributed by atoms with Crippen molar-refractivity contribution < 1.29 is 0 Å². The lowest BCUT2D eigenvalue weighted by atomic mass is 10.1. The first-order valence-corrected chi connectivity index (χ1v) is 5.14. The van der Waals surface area contributed by atoms with Gasteiger partial charge in [-0.1, -0.05) is 30.3 Å². The topological polar surface area (TPSA) is 19.0 Å². The number of H-pyrrole nitrogens is 1. The van der Waals surface area contributed by atoms with E-state index in [1.54, 1.807) is 0 Å². The maximum atomic E-state index is 3.30. The quantitative estimate of drug-likeness (QED) is 0.807. The molecule has 0 saturated heterocycles. The highest BCUT2D eigenvalue weighted by molar-refractivity contribution is 5.63. The summed E-state index contributed by atoms with van der Waals surface area (Å²) in [6.07, 6.45) is 2.00. The standard InChI is InChI=1S/C13H16N2/c1-15(2)10-12-8-9-14-13(12)11-6-4-3-5-7-11/h3-9,14H,10H2,1-2H3. The van der Waals surface area contributed by atoms with E-state index in [2.05, 4.69) is 54.3 Å². The van der Waals surface area contributed by atoms with Crippen molar-refractivity contribution in [3.05, 3.63) is 48.2 Å². The molecule has 0 spiro atoms. The molecule has 0 unspecified atom stereocenters. The average molecular weight is 200 g/mol. The molecule has 0 amide bonds. The van der Waals surface area contributed by atoms with Gasteiger partial charge in [0.2, 0.25) is 0 Å². The highest BCUT2D eigenvalue weighted by Gasteiger charge is 2.06. The number of hydrogen-bond donors (Lipinski definition) is 1. The van der Waals surface area contributed by atoms with E-state index in [0.29, 0.717) is 0 Å². The Labute approximate surface area is 90.6 Å². The summed E-state index contributed by atoms with van der Waals surface area (Å²) in [5, 5.41) is 0. The number of benzene rings is 1. The lowest BCUT2D eigenvalue weighted by Gasteiger charge is -2.10. The summed E-state index contributed by atoms with van der Waals surface area (Å²) in [5.74, 6) is 0. The van der Waals surface area contributed by atoms with Crippen molar-refractivity contribution in [2.45, 2.75) is 6.54 Å². The molecule has 0 atom stereocenters. The highest BCUT2D eigenvalue weighted by Crippen LogP contribution is 2.22. The van der Waals surface area contributed by atoms with E-state index < -0.39 is 0 Å². The first-order valence-electron chi connectivity index (χ1n) is 5.14. The second-order valence-electron chi connectivity index (χ2n) is 3.98. The minimum atomic E-state index is 0.966. The third-order valence-corrected chi connectivity index (χ3v) is 2.38. The molecule has 2 heteroatoms. The molecule has 0 aliphatic carbocycles. The number of nitrogens with zero attached hydrogens (tertiary/aromatic N) is 1. The number of rotatable bonds is 3. The molecular formula is C13H16N2. The van der Waals surface area contributed by atoms with Gasteiger partial charge in [-0.05, 0) is 31.3 Å². The van der Waals surface area contributed by atoms with Crippen molar-refractivity contribution in [3.8, 4) is 11.3 Å². The number of nitrogens with one attached hydrogen (secondary N) is 1. The smallest absolute Gasteiger partial charge is 0.0499 e. The third kappa shape index (κ3) is 2.28. The van der Waals surface area contributed by atoms with Crippen LogP contribution in [0, 0.1) is 0 Å². The molecule has 0 aliphatic heterocycles. The van der Waals surface area contributed by atoms with Crippen molar-refractivity contribution in [1.29, 1.82) is 0 Å². The molecule has 0 saturated carbocycles. The molecule has 15 heavy (non-hydrogen) atoms. The largest absolute Gasteiger partial charge is 0.361 e. The Morgan fingerprint density at radius 3 is 2.47 bits per heavy atom. The summed E-state index contributed by atoms with van der Waals surface area (Å²) in [6.45, 7) is 0.966. The van der Waals surface area contributed by atoms with Crippen LogP contribution in [0.3, 0.4) is 0 Å². The molecule has 2 rings (SSSR count). The Morgan fingerprint density at radius 1 is 1.07 bits per heavy atom. The van der Waals surface area contributed by atoms with Gasteiger partial charge in [-0.15, -0.1) is 0 Å². The molecule has 1 aromatic carbocycles. The first kappa shape index (κ1) is 9.99. The van der Waals surface area contributed by atoms with Gasteiger partial charge in [0, 0.05) is 18.4 Å². The normalized spacial score (nSPS) is 10.9. The molecule has 0 aliphatic rings. The van der Waals surface area contributed by atoms with Gasteiger partial charge in [0.15, 0.2) is 0 Å². The zero-order valence-corrected chi connectivity index (χ0v) is 9.20. The Hall–Kier alpha value is -1.54. The van der Waals surface area contributed by atoms with Crippen LogP contribution >= 0.6 is 0 Å². The van der Waals surface area contributed by atoms with Gasteiger partial charge in [-0.2, -0.15) is 0 Å².